The lowest BCUT2D eigenvalue weighted by molar-refractivity contribution is -0.120. The van der Waals surface area contributed by atoms with Crippen LogP contribution in [-0.2, 0) is 11.8 Å². The summed E-state index contributed by atoms with van der Waals surface area (Å²) < 4.78 is 2.90. The number of halogens is 1. The van der Waals surface area contributed by atoms with Gasteiger partial charge in [0.2, 0.25) is 11.9 Å². The molecule has 0 unspecified atom stereocenters. The summed E-state index contributed by atoms with van der Waals surface area (Å²) in [4.78, 5) is 32.9. The molecule has 0 radical (unpaired) electrons. The monoisotopic (exact) mass is 427 g/mol. The molecule has 0 saturated heterocycles. The van der Waals surface area contributed by atoms with E-state index in [4.69, 9.17) is 11.6 Å². The highest BCUT2D eigenvalue weighted by molar-refractivity contribution is 7.22. The third-order valence-electron chi connectivity index (χ3n) is 4.63. The van der Waals surface area contributed by atoms with Crippen LogP contribution in [0, 0.1) is 0 Å². The molecule has 0 aliphatic heterocycles. The minimum atomic E-state index is -0.152. The van der Waals surface area contributed by atoms with Crippen LogP contribution in [0.5, 0.6) is 0 Å². The van der Waals surface area contributed by atoms with Crippen molar-refractivity contribution in [1.29, 1.82) is 0 Å². The lowest BCUT2D eigenvalue weighted by Crippen LogP contribution is -2.18. The fraction of sp³-hybridized carbons (Fsp3) is 0.200. The third-order valence-corrected chi connectivity index (χ3v) is 5.80. The van der Waals surface area contributed by atoms with Crippen molar-refractivity contribution in [2.45, 2.75) is 12.8 Å². The van der Waals surface area contributed by atoms with Gasteiger partial charge in [-0.15, -0.1) is 0 Å². The maximum Gasteiger partial charge on any atom is 0.220 e. The maximum atomic E-state index is 12.4. The molecule has 1 amide bonds. The van der Waals surface area contributed by atoms with Gasteiger partial charge in [-0.05, 0) is 36.4 Å². The number of amides is 1. The van der Waals surface area contributed by atoms with Crippen LogP contribution in [0.3, 0.4) is 0 Å². The number of aryl methyl sites for hydroxylation is 1. The summed E-state index contributed by atoms with van der Waals surface area (Å²) in [5, 5.41) is 7.15. The molecule has 4 rings (SSSR count). The molecule has 2 aromatic heterocycles. The number of hydrogen-bond donors (Lipinski definition) is 2. The van der Waals surface area contributed by atoms with Crippen LogP contribution in [0.2, 0.25) is 5.02 Å². The molecule has 7 nitrogen and oxygen atoms in total. The van der Waals surface area contributed by atoms with Gasteiger partial charge in [0.15, 0.2) is 10.9 Å². The van der Waals surface area contributed by atoms with Gasteiger partial charge in [-0.2, -0.15) is 0 Å². The Kier molecular flexibility index (Phi) is 5.21. The largest absolute Gasteiger partial charge is 0.359 e. The van der Waals surface area contributed by atoms with Crippen molar-refractivity contribution in [2.75, 3.05) is 12.4 Å². The van der Waals surface area contributed by atoms with Crippen molar-refractivity contribution >= 4 is 67.0 Å². The second-order valence-corrected chi connectivity index (χ2v) is 8.02. The van der Waals surface area contributed by atoms with Gasteiger partial charge in [-0.3, -0.25) is 9.59 Å². The number of carbonyl (C=O) groups excluding carboxylic acids is 2. The summed E-state index contributed by atoms with van der Waals surface area (Å²) in [6.45, 7) is 0. The van der Waals surface area contributed by atoms with E-state index in [1.165, 1.54) is 11.3 Å². The Morgan fingerprint density at radius 2 is 1.93 bits per heavy atom. The summed E-state index contributed by atoms with van der Waals surface area (Å²) >= 11 is 7.54. The zero-order chi connectivity index (χ0) is 20.5. The highest BCUT2D eigenvalue weighted by Crippen LogP contribution is 2.31. The van der Waals surface area contributed by atoms with Gasteiger partial charge in [0.25, 0.3) is 0 Å². The quantitative estimate of drug-likeness (QED) is 0.448. The molecule has 0 aliphatic carbocycles. The van der Waals surface area contributed by atoms with E-state index in [0.29, 0.717) is 27.2 Å². The van der Waals surface area contributed by atoms with Crippen molar-refractivity contribution in [3.05, 3.63) is 47.0 Å². The summed E-state index contributed by atoms with van der Waals surface area (Å²) in [7, 11) is 3.45. The highest BCUT2D eigenvalue weighted by Gasteiger charge is 2.14. The second-order valence-electron chi connectivity index (χ2n) is 6.55. The summed E-state index contributed by atoms with van der Waals surface area (Å²) in [6.07, 6.45) is 0.335. The number of imidazole rings is 1. The number of nitrogens with one attached hydrogen (secondary N) is 2. The van der Waals surface area contributed by atoms with Crippen molar-refractivity contribution in [3.63, 3.8) is 0 Å². The van der Waals surface area contributed by atoms with Crippen molar-refractivity contribution in [3.8, 4) is 0 Å². The molecule has 0 atom stereocenters. The Labute approximate surface area is 175 Å². The molecule has 2 aromatic carbocycles. The number of rotatable bonds is 6. The molecule has 29 heavy (non-hydrogen) atoms. The topological polar surface area (TPSA) is 88.9 Å². The Hall–Kier alpha value is -2.97. The molecule has 4 aromatic rings. The summed E-state index contributed by atoms with van der Waals surface area (Å²) in [5.74, 6) is 0.389. The number of ketones is 1. The minimum absolute atomic E-state index is 0.0845. The predicted octanol–water partition coefficient (Wildman–Crippen LogP) is 4.29. The number of hydrogen-bond acceptors (Lipinski definition) is 6. The number of benzene rings is 2. The predicted molar refractivity (Wildman–Crippen MR) is 116 cm³/mol. The van der Waals surface area contributed by atoms with E-state index < -0.39 is 0 Å². The van der Waals surface area contributed by atoms with Crippen molar-refractivity contribution < 1.29 is 9.59 Å². The molecule has 0 aliphatic rings. The zero-order valence-corrected chi connectivity index (χ0v) is 17.4. The van der Waals surface area contributed by atoms with Gasteiger partial charge in [0.1, 0.15) is 0 Å². The van der Waals surface area contributed by atoms with Gasteiger partial charge < -0.3 is 15.2 Å². The van der Waals surface area contributed by atoms with Crippen LogP contribution >= 0.6 is 22.9 Å². The van der Waals surface area contributed by atoms with E-state index in [9.17, 15) is 9.59 Å². The second kappa shape index (κ2) is 7.81. The zero-order valence-electron chi connectivity index (χ0n) is 15.8. The number of carbonyl (C=O) groups is 2. The minimum Gasteiger partial charge on any atom is -0.359 e. The number of Topliss-reactive ketones (excluding diaryl/α,β-unsaturated/α-hetero) is 1. The number of thiazole rings is 1. The number of anilines is 2. The first-order valence-corrected chi connectivity index (χ1v) is 10.2. The first-order chi connectivity index (χ1) is 13.9. The van der Waals surface area contributed by atoms with Crippen LogP contribution in [-0.4, -0.2) is 33.3 Å². The number of nitrogens with zero attached hydrogens (tertiary/aromatic N) is 3. The van der Waals surface area contributed by atoms with Crippen molar-refractivity contribution in [1.82, 2.24) is 19.9 Å². The molecular weight excluding hydrogens is 410 g/mol. The van der Waals surface area contributed by atoms with Gasteiger partial charge in [0, 0.05) is 37.5 Å². The third kappa shape index (κ3) is 3.94. The van der Waals surface area contributed by atoms with Crippen LogP contribution < -0.4 is 10.6 Å². The Bertz CT molecular complexity index is 1250. The van der Waals surface area contributed by atoms with Gasteiger partial charge in [-0.1, -0.05) is 22.9 Å². The van der Waals surface area contributed by atoms with Gasteiger partial charge in [-0.25, -0.2) is 9.97 Å². The molecule has 2 heterocycles. The average Bonchev–Trinajstić information content (AvgIpc) is 3.25. The Balaban J connectivity index is 1.59. The van der Waals surface area contributed by atoms with E-state index in [1.807, 2.05) is 35.9 Å². The Morgan fingerprint density at radius 1 is 1.10 bits per heavy atom. The van der Waals surface area contributed by atoms with E-state index in [2.05, 4.69) is 20.6 Å². The number of fused-ring (bicyclic) bond motifs is 2. The van der Waals surface area contributed by atoms with E-state index in [1.54, 1.807) is 19.2 Å². The molecule has 9 heteroatoms. The smallest absolute Gasteiger partial charge is 0.220 e. The van der Waals surface area contributed by atoms with Crippen LogP contribution in [0.4, 0.5) is 11.1 Å². The molecule has 2 N–H and O–H groups in total. The van der Waals surface area contributed by atoms with E-state index in [-0.39, 0.29) is 24.5 Å². The first kappa shape index (κ1) is 19.4. The molecule has 0 fully saturated rings. The molecular formula is C20H18ClN5O2S. The number of aromatic nitrogens is 3. The highest BCUT2D eigenvalue weighted by atomic mass is 35.5. The van der Waals surface area contributed by atoms with E-state index >= 15 is 0 Å². The lowest BCUT2D eigenvalue weighted by Gasteiger charge is -2.03. The Morgan fingerprint density at radius 3 is 2.72 bits per heavy atom. The molecule has 0 saturated carbocycles. The lowest BCUT2D eigenvalue weighted by atomic mass is 10.1. The first-order valence-electron chi connectivity index (χ1n) is 8.98. The molecule has 0 spiro atoms. The van der Waals surface area contributed by atoms with Crippen LogP contribution in [0.1, 0.15) is 23.2 Å². The maximum absolute atomic E-state index is 12.4. The normalized spacial score (nSPS) is 11.1. The standard InChI is InChI=1S/C20H18ClN5O2S/c1-22-18(28)8-7-16(27)11-3-6-15-14(9-11)23-19(26(15)2)25-20-24-13-5-4-12(21)10-17(13)29-20/h3-6,9-10H,7-8H2,1-2H3,(H,22,28)(H,23,24,25). The fourth-order valence-corrected chi connectivity index (χ4v) is 4.16. The summed E-state index contributed by atoms with van der Waals surface area (Å²) in [5.41, 5.74) is 3.00. The van der Waals surface area contributed by atoms with E-state index in [0.717, 1.165) is 15.7 Å². The van der Waals surface area contributed by atoms with Crippen LogP contribution in [0.15, 0.2) is 36.4 Å². The van der Waals surface area contributed by atoms with Crippen LogP contribution in [0.25, 0.3) is 21.3 Å². The average molecular weight is 428 g/mol. The fourth-order valence-electron chi connectivity index (χ4n) is 3.03. The SMILES string of the molecule is CNC(=O)CCC(=O)c1ccc2c(c1)nc(Nc1nc3ccc(Cl)cc3s1)n2C. The molecule has 148 valence electrons. The van der Waals surface area contributed by atoms with Gasteiger partial charge >= 0.3 is 0 Å². The summed E-state index contributed by atoms with van der Waals surface area (Å²) in [6, 6.07) is 10.9. The van der Waals surface area contributed by atoms with Gasteiger partial charge in [0.05, 0.1) is 21.3 Å². The van der Waals surface area contributed by atoms with Crippen molar-refractivity contribution in [2.24, 2.45) is 7.05 Å². The molecule has 0 bridgehead atoms.